The van der Waals surface area contributed by atoms with Crippen LogP contribution < -0.4 is 5.32 Å². The van der Waals surface area contributed by atoms with E-state index >= 15 is 0 Å². The molecule has 0 aliphatic heterocycles. The lowest BCUT2D eigenvalue weighted by Gasteiger charge is -2.21. The van der Waals surface area contributed by atoms with Gasteiger partial charge in [0.15, 0.2) is 5.12 Å². The Labute approximate surface area is 282 Å². The molecule has 1 fully saturated rings. The van der Waals surface area contributed by atoms with E-state index in [1.807, 2.05) is 55.5 Å². The second-order valence-electron chi connectivity index (χ2n) is 13.4. The number of imidazole rings is 1. The number of benzene rings is 3. The molecular weight excluding hydrogens is 607 g/mol. The molecule has 0 saturated heterocycles. The highest BCUT2D eigenvalue weighted by Gasteiger charge is 2.23. The Balaban J connectivity index is 1.37. The molecule has 248 valence electrons. The van der Waals surface area contributed by atoms with Crippen molar-refractivity contribution in [3.63, 3.8) is 0 Å². The molecule has 0 bridgehead atoms. The molecule has 2 N–H and O–H groups in total. The lowest BCUT2D eigenvalue weighted by Crippen LogP contribution is -2.38. The van der Waals surface area contributed by atoms with E-state index < -0.39 is 5.97 Å². The molecule has 1 saturated carbocycles. The topological polar surface area (TPSA) is 101 Å². The van der Waals surface area contributed by atoms with E-state index in [1.54, 1.807) is 12.1 Å². The van der Waals surface area contributed by atoms with Crippen molar-refractivity contribution in [2.75, 3.05) is 5.75 Å². The third-order valence-corrected chi connectivity index (χ3v) is 10.1. The van der Waals surface area contributed by atoms with Crippen LogP contribution in [0.2, 0.25) is 0 Å². The highest BCUT2D eigenvalue weighted by molar-refractivity contribution is 8.13. The molecule has 1 atom stereocenters. The maximum Gasteiger partial charge on any atom is 0.336 e. The number of aromatic carboxylic acids is 1. The predicted octanol–water partition coefficient (Wildman–Crippen LogP) is 8.70. The number of rotatable bonds is 14. The summed E-state index contributed by atoms with van der Waals surface area (Å²) < 4.78 is 2.20. The van der Waals surface area contributed by atoms with E-state index in [1.165, 1.54) is 24.6 Å². The van der Waals surface area contributed by atoms with Gasteiger partial charge in [-0.15, -0.1) is 0 Å². The van der Waals surface area contributed by atoms with Crippen LogP contribution in [0.25, 0.3) is 22.2 Å². The number of aromatic nitrogens is 2. The van der Waals surface area contributed by atoms with Gasteiger partial charge < -0.3 is 15.0 Å². The molecule has 0 spiro atoms. The number of carbonyl (C=O) groups is 3. The first-order valence-corrected chi connectivity index (χ1v) is 18.0. The Morgan fingerprint density at radius 3 is 2.45 bits per heavy atom. The molecule has 1 aromatic heterocycles. The van der Waals surface area contributed by atoms with Crippen LogP contribution in [-0.4, -0.2) is 43.4 Å². The zero-order chi connectivity index (χ0) is 33.5. The zero-order valence-corrected chi connectivity index (χ0v) is 28.9. The van der Waals surface area contributed by atoms with Crippen molar-refractivity contribution in [1.82, 2.24) is 14.9 Å². The SMILES string of the molecule is CCCc1nc2c(C)cc(C(=O)NC(CSC(=O)CC3CCCC3)CC(C)C)cc2n1Cc1ccc(-c2ccccc2C(=O)O)cc1. The summed E-state index contributed by atoms with van der Waals surface area (Å²) in [7, 11) is 0. The van der Waals surface area contributed by atoms with Crippen LogP contribution in [0.15, 0.2) is 60.7 Å². The quantitative estimate of drug-likeness (QED) is 0.141. The van der Waals surface area contributed by atoms with E-state index in [0.717, 1.165) is 65.7 Å². The van der Waals surface area contributed by atoms with Gasteiger partial charge in [-0.25, -0.2) is 9.78 Å². The molecule has 1 unspecified atom stereocenters. The van der Waals surface area contributed by atoms with Gasteiger partial charge in [-0.05, 0) is 84.9 Å². The Morgan fingerprint density at radius 2 is 1.77 bits per heavy atom. The van der Waals surface area contributed by atoms with Gasteiger partial charge >= 0.3 is 5.97 Å². The largest absolute Gasteiger partial charge is 0.478 e. The minimum atomic E-state index is -0.948. The molecule has 47 heavy (non-hydrogen) atoms. The Morgan fingerprint density at radius 1 is 1.04 bits per heavy atom. The van der Waals surface area contributed by atoms with Crippen LogP contribution in [0.5, 0.6) is 0 Å². The second-order valence-corrected chi connectivity index (χ2v) is 14.5. The third kappa shape index (κ3) is 8.72. The first kappa shape index (κ1) is 34.4. The van der Waals surface area contributed by atoms with Gasteiger partial charge in [0.1, 0.15) is 5.82 Å². The van der Waals surface area contributed by atoms with Crippen LogP contribution in [-0.2, 0) is 17.8 Å². The number of hydrogen-bond acceptors (Lipinski definition) is 5. The molecule has 1 aliphatic rings. The molecule has 3 aromatic carbocycles. The molecule has 1 amide bonds. The number of carbonyl (C=O) groups excluding carboxylic acids is 2. The number of thioether (sulfide) groups is 1. The van der Waals surface area contributed by atoms with Crippen LogP contribution in [0.1, 0.15) is 103 Å². The number of hydrogen-bond donors (Lipinski definition) is 2. The summed E-state index contributed by atoms with van der Waals surface area (Å²) >= 11 is 1.37. The molecule has 5 rings (SSSR count). The highest BCUT2D eigenvalue weighted by Crippen LogP contribution is 2.30. The van der Waals surface area contributed by atoms with Crippen molar-refractivity contribution >= 4 is 39.8 Å². The summed E-state index contributed by atoms with van der Waals surface area (Å²) in [5, 5.41) is 13.1. The minimum Gasteiger partial charge on any atom is -0.478 e. The summed E-state index contributed by atoms with van der Waals surface area (Å²) in [6.07, 6.45) is 7.97. The van der Waals surface area contributed by atoms with Crippen LogP contribution >= 0.6 is 11.8 Å². The summed E-state index contributed by atoms with van der Waals surface area (Å²) in [5.74, 6) is 1.39. The lowest BCUT2D eigenvalue weighted by molar-refractivity contribution is -0.111. The van der Waals surface area contributed by atoms with E-state index in [2.05, 4.69) is 30.7 Å². The first-order chi connectivity index (χ1) is 22.6. The fourth-order valence-electron chi connectivity index (χ4n) is 6.77. The maximum atomic E-state index is 13.7. The summed E-state index contributed by atoms with van der Waals surface area (Å²) in [4.78, 5) is 43.2. The lowest BCUT2D eigenvalue weighted by atomic mass is 9.98. The van der Waals surface area contributed by atoms with Gasteiger partial charge in [0.05, 0.1) is 16.6 Å². The fourth-order valence-corrected chi connectivity index (χ4v) is 7.73. The number of nitrogens with zero attached hydrogens (tertiary/aromatic N) is 2. The van der Waals surface area contributed by atoms with E-state index in [-0.39, 0.29) is 22.6 Å². The van der Waals surface area contributed by atoms with Crippen LogP contribution in [0.3, 0.4) is 0 Å². The summed E-state index contributed by atoms with van der Waals surface area (Å²) in [6.45, 7) is 9.00. The van der Waals surface area contributed by atoms with Crippen molar-refractivity contribution in [2.45, 2.75) is 91.6 Å². The average Bonchev–Trinajstić information content (AvgIpc) is 3.68. The Kier molecular flexibility index (Phi) is 11.6. The Bertz CT molecular complexity index is 1720. The molecule has 1 aliphatic carbocycles. The van der Waals surface area contributed by atoms with Crippen molar-refractivity contribution in [2.24, 2.45) is 11.8 Å². The number of fused-ring (bicyclic) bond motifs is 1. The molecule has 1 heterocycles. The van der Waals surface area contributed by atoms with Crippen LogP contribution in [0, 0.1) is 18.8 Å². The Hall–Kier alpha value is -3.91. The molecule has 4 aromatic rings. The zero-order valence-electron chi connectivity index (χ0n) is 28.1. The van der Waals surface area contributed by atoms with Gasteiger partial charge in [0, 0.05) is 36.7 Å². The number of aryl methyl sites for hydroxylation is 2. The van der Waals surface area contributed by atoms with Gasteiger partial charge in [0.25, 0.3) is 5.91 Å². The van der Waals surface area contributed by atoms with E-state index in [4.69, 9.17) is 4.98 Å². The van der Waals surface area contributed by atoms with Gasteiger partial charge in [-0.3, -0.25) is 9.59 Å². The van der Waals surface area contributed by atoms with E-state index in [0.29, 0.717) is 41.7 Å². The smallest absolute Gasteiger partial charge is 0.336 e. The molecule has 8 heteroatoms. The minimum absolute atomic E-state index is 0.0960. The standard InChI is InChI=1S/C39H47N3O4S/c1-5-10-35-41-37-26(4)20-30(38(44)40-31(19-25(2)3)24-47-36(43)21-27-11-6-7-12-27)22-34(37)42(35)23-28-15-17-29(18-16-28)32-13-8-9-14-33(32)39(45)46/h8-9,13-18,20,22,25,27,31H,5-7,10-12,19,21,23-24H2,1-4H3,(H,40,44)(H,45,46). The molecule has 0 radical (unpaired) electrons. The number of amides is 1. The number of carboxylic acid groups (broad SMARTS) is 1. The van der Waals surface area contributed by atoms with Crippen molar-refractivity contribution in [3.8, 4) is 11.1 Å². The van der Waals surface area contributed by atoms with Gasteiger partial charge in [-0.2, -0.15) is 0 Å². The molecular formula is C39H47N3O4S. The average molecular weight is 654 g/mol. The van der Waals surface area contributed by atoms with Crippen molar-refractivity contribution < 1.29 is 19.5 Å². The normalized spacial score (nSPS) is 14.1. The number of nitrogens with one attached hydrogen (secondary N) is 1. The van der Waals surface area contributed by atoms with Gasteiger partial charge in [0.2, 0.25) is 0 Å². The third-order valence-electron chi connectivity index (χ3n) is 9.09. The summed E-state index contributed by atoms with van der Waals surface area (Å²) in [5.41, 5.74) is 6.22. The van der Waals surface area contributed by atoms with Crippen molar-refractivity contribution in [3.05, 3.63) is 88.7 Å². The highest BCUT2D eigenvalue weighted by atomic mass is 32.2. The summed E-state index contributed by atoms with van der Waals surface area (Å²) in [6, 6.07) is 18.8. The fraction of sp³-hybridized carbons (Fsp3) is 0.436. The first-order valence-electron chi connectivity index (χ1n) is 17.0. The van der Waals surface area contributed by atoms with Crippen molar-refractivity contribution in [1.29, 1.82) is 0 Å². The number of carboxylic acids is 1. The van der Waals surface area contributed by atoms with E-state index in [9.17, 15) is 19.5 Å². The maximum absolute atomic E-state index is 13.7. The van der Waals surface area contributed by atoms with Crippen LogP contribution in [0.4, 0.5) is 0 Å². The molecule has 7 nitrogen and oxygen atoms in total. The van der Waals surface area contributed by atoms with Gasteiger partial charge in [-0.1, -0.05) is 87.8 Å². The second kappa shape index (κ2) is 15.8. The predicted molar refractivity (Wildman–Crippen MR) is 191 cm³/mol. The monoisotopic (exact) mass is 653 g/mol.